The summed E-state index contributed by atoms with van der Waals surface area (Å²) >= 11 is 6.03. The Bertz CT molecular complexity index is 714. The van der Waals surface area contributed by atoms with Gasteiger partial charge in [-0.05, 0) is 31.0 Å². The molecule has 0 unspecified atom stereocenters. The zero-order valence-corrected chi connectivity index (χ0v) is 14.5. The Hall–Kier alpha value is -2.33. The highest BCUT2D eigenvalue weighted by molar-refractivity contribution is 6.31. The van der Waals surface area contributed by atoms with Crippen LogP contribution in [0, 0.1) is 0 Å². The third-order valence-corrected chi connectivity index (χ3v) is 4.14. The minimum atomic E-state index is -0.815. The van der Waals surface area contributed by atoms with Gasteiger partial charge >= 0.3 is 5.97 Å². The summed E-state index contributed by atoms with van der Waals surface area (Å²) in [6.07, 6.45) is 0. The second kappa shape index (κ2) is 7.97. The molecule has 1 amide bonds. The lowest BCUT2D eigenvalue weighted by Crippen LogP contribution is -2.35. The van der Waals surface area contributed by atoms with Gasteiger partial charge in [0.25, 0.3) is 5.91 Å². The quantitative estimate of drug-likeness (QED) is 0.815. The average molecular weight is 346 g/mol. The Morgan fingerprint density at radius 2 is 1.67 bits per heavy atom. The van der Waals surface area contributed by atoms with Crippen LogP contribution in [0.25, 0.3) is 0 Å². The number of carbonyl (C=O) groups excluding carboxylic acids is 2. The summed E-state index contributed by atoms with van der Waals surface area (Å²) in [6, 6.07) is 16.6. The number of hydrogen-bond donors (Lipinski definition) is 1. The maximum Gasteiger partial charge on any atom is 0.316 e. The zero-order valence-electron chi connectivity index (χ0n) is 13.7. The van der Waals surface area contributed by atoms with Gasteiger partial charge in [-0.3, -0.25) is 9.59 Å². The van der Waals surface area contributed by atoms with Gasteiger partial charge in [0.2, 0.25) is 0 Å². The van der Waals surface area contributed by atoms with Crippen LogP contribution in [0.4, 0.5) is 0 Å². The van der Waals surface area contributed by atoms with Crippen LogP contribution in [-0.4, -0.2) is 18.5 Å². The van der Waals surface area contributed by atoms with Crippen molar-refractivity contribution < 1.29 is 14.3 Å². The summed E-state index contributed by atoms with van der Waals surface area (Å²) in [4.78, 5) is 24.1. The molecule has 0 aliphatic rings. The van der Waals surface area contributed by atoms with E-state index in [2.05, 4.69) is 5.32 Å². The van der Waals surface area contributed by atoms with Crippen LogP contribution >= 0.6 is 11.6 Å². The molecule has 0 fully saturated rings. The van der Waals surface area contributed by atoms with E-state index < -0.39 is 11.4 Å². The van der Waals surface area contributed by atoms with E-state index in [1.165, 1.54) is 0 Å². The lowest BCUT2D eigenvalue weighted by molar-refractivity contribution is -0.153. The lowest BCUT2D eigenvalue weighted by Gasteiger charge is -2.22. The third kappa shape index (κ3) is 4.59. The molecule has 5 heteroatoms. The fraction of sp³-hybridized carbons (Fsp3) is 0.263. The Kier molecular flexibility index (Phi) is 5.99. The van der Waals surface area contributed by atoms with E-state index in [0.29, 0.717) is 5.02 Å². The highest BCUT2D eigenvalue weighted by Gasteiger charge is 2.31. The maximum atomic E-state index is 12.3. The van der Waals surface area contributed by atoms with E-state index in [9.17, 15) is 9.59 Å². The highest BCUT2D eigenvalue weighted by Crippen LogP contribution is 2.24. The van der Waals surface area contributed by atoms with Crippen LogP contribution in [-0.2, 0) is 26.3 Å². The number of hydrogen-bond acceptors (Lipinski definition) is 3. The second-order valence-electron chi connectivity index (χ2n) is 5.94. The van der Waals surface area contributed by atoms with Crippen LogP contribution in [0.15, 0.2) is 54.6 Å². The number of rotatable bonds is 6. The largest absolute Gasteiger partial charge is 0.455 e. The molecule has 2 rings (SSSR count). The number of amides is 1. The van der Waals surface area contributed by atoms with Gasteiger partial charge < -0.3 is 10.1 Å². The molecule has 0 bridgehead atoms. The fourth-order valence-corrected chi connectivity index (χ4v) is 2.37. The van der Waals surface area contributed by atoms with E-state index in [0.717, 1.165) is 11.1 Å². The molecule has 2 aromatic carbocycles. The number of nitrogens with one attached hydrogen (secondary N) is 1. The zero-order chi connectivity index (χ0) is 17.6. The molecule has 0 atom stereocenters. The summed E-state index contributed by atoms with van der Waals surface area (Å²) in [5.41, 5.74) is 0.833. The van der Waals surface area contributed by atoms with Crippen LogP contribution in [0.3, 0.4) is 0 Å². The van der Waals surface area contributed by atoms with E-state index >= 15 is 0 Å². The number of halogens is 1. The molecule has 1 N–H and O–H groups in total. The van der Waals surface area contributed by atoms with Gasteiger partial charge in [-0.25, -0.2) is 0 Å². The highest BCUT2D eigenvalue weighted by atomic mass is 35.5. The molecule has 0 aliphatic carbocycles. The summed E-state index contributed by atoms with van der Waals surface area (Å²) in [5, 5.41) is 3.27. The molecular formula is C19H20ClNO3. The topological polar surface area (TPSA) is 55.4 Å². The number of carbonyl (C=O) groups is 2. The van der Waals surface area contributed by atoms with Crippen molar-refractivity contribution in [3.05, 3.63) is 70.7 Å². The summed E-state index contributed by atoms with van der Waals surface area (Å²) in [6.45, 7) is 3.51. The molecule has 0 saturated heterocycles. The molecule has 0 saturated carbocycles. The summed E-state index contributed by atoms with van der Waals surface area (Å²) in [5.74, 6) is -0.811. The van der Waals surface area contributed by atoms with Crippen LogP contribution in [0.5, 0.6) is 0 Å². The minimum Gasteiger partial charge on any atom is -0.455 e. The van der Waals surface area contributed by atoms with E-state index in [1.54, 1.807) is 19.9 Å². The van der Waals surface area contributed by atoms with Gasteiger partial charge in [0.05, 0.1) is 5.41 Å². The number of benzene rings is 2. The van der Waals surface area contributed by atoms with E-state index in [-0.39, 0.29) is 19.1 Å². The molecule has 0 spiro atoms. The monoisotopic (exact) mass is 345 g/mol. The van der Waals surface area contributed by atoms with Crippen molar-refractivity contribution in [1.82, 2.24) is 5.32 Å². The molecular weight excluding hydrogens is 326 g/mol. The Morgan fingerprint density at radius 1 is 1.04 bits per heavy atom. The smallest absolute Gasteiger partial charge is 0.316 e. The van der Waals surface area contributed by atoms with Crippen LogP contribution < -0.4 is 5.32 Å². The van der Waals surface area contributed by atoms with Gasteiger partial charge in [0, 0.05) is 11.6 Å². The maximum absolute atomic E-state index is 12.3. The van der Waals surface area contributed by atoms with Gasteiger partial charge in [-0.2, -0.15) is 0 Å². The van der Waals surface area contributed by atoms with E-state index in [1.807, 2.05) is 48.5 Å². The second-order valence-corrected chi connectivity index (χ2v) is 6.34. The van der Waals surface area contributed by atoms with Crippen molar-refractivity contribution in [2.24, 2.45) is 0 Å². The van der Waals surface area contributed by atoms with Crippen molar-refractivity contribution in [3.63, 3.8) is 0 Å². The molecule has 24 heavy (non-hydrogen) atoms. The number of ether oxygens (including phenoxy) is 1. The van der Waals surface area contributed by atoms with Crippen molar-refractivity contribution >= 4 is 23.5 Å². The van der Waals surface area contributed by atoms with Gasteiger partial charge in [0.1, 0.15) is 0 Å². The molecule has 4 nitrogen and oxygen atoms in total. The predicted octanol–water partition coefficient (Wildman–Crippen LogP) is 3.48. The predicted molar refractivity (Wildman–Crippen MR) is 93.7 cm³/mol. The molecule has 0 radical (unpaired) electrons. The molecule has 0 heterocycles. The molecule has 0 aromatic heterocycles. The summed E-state index contributed by atoms with van der Waals surface area (Å²) in [7, 11) is 0. The Morgan fingerprint density at radius 3 is 2.33 bits per heavy atom. The first-order valence-corrected chi connectivity index (χ1v) is 8.02. The van der Waals surface area contributed by atoms with E-state index in [4.69, 9.17) is 16.3 Å². The number of esters is 1. The molecule has 126 valence electrons. The van der Waals surface area contributed by atoms with Crippen molar-refractivity contribution in [1.29, 1.82) is 0 Å². The van der Waals surface area contributed by atoms with Crippen LogP contribution in [0.1, 0.15) is 25.0 Å². The third-order valence-electron chi connectivity index (χ3n) is 3.77. The van der Waals surface area contributed by atoms with Gasteiger partial charge in [0.15, 0.2) is 6.61 Å². The van der Waals surface area contributed by atoms with Crippen molar-refractivity contribution in [3.8, 4) is 0 Å². The van der Waals surface area contributed by atoms with Crippen molar-refractivity contribution in [2.75, 3.05) is 6.61 Å². The Balaban J connectivity index is 1.85. The Labute approximate surface area is 146 Å². The van der Waals surface area contributed by atoms with Crippen LogP contribution in [0.2, 0.25) is 5.02 Å². The van der Waals surface area contributed by atoms with Crippen molar-refractivity contribution in [2.45, 2.75) is 25.8 Å². The lowest BCUT2D eigenvalue weighted by atomic mass is 9.85. The fourth-order valence-electron chi connectivity index (χ4n) is 2.17. The first-order chi connectivity index (χ1) is 11.4. The normalized spacial score (nSPS) is 11.0. The van der Waals surface area contributed by atoms with Gasteiger partial charge in [-0.15, -0.1) is 0 Å². The standard InChI is InChI=1S/C19H20ClNO3/c1-19(2,15-9-4-3-5-10-15)18(23)24-13-17(22)21-12-14-8-6-7-11-16(14)20/h3-11H,12-13H2,1-2H3,(H,21,22). The summed E-state index contributed by atoms with van der Waals surface area (Å²) < 4.78 is 5.16. The first-order valence-electron chi connectivity index (χ1n) is 7.64. The minimum absolute atomic E-state index is 0.290. The molecule has 0 aliphatic heterocycles. The van der Waals surface area contributed by atoms with Gasteiger partial charge in [-0.1, -0.05) is 60.1 Å². The first kappa shape index (κ1) is 18.0. The SMILES string of the molecule is CC(C)(C(=O)OCC(=O)NCc1ccccc1Cl)c1ccccc1. The molecule has 2 aromatic rings. The average Bonchev–Trinajstić information content (AvgIpc) is 2.59.